The van der Waals surface area contributed by atoms with E-state index in [9.17, 15) is 4.79 Å². The molecular formula is C15H21BrN2O3. The highest BCUT2D eigenvalue weighted by molar-refractivity contribution is 9.10. The molecule has 2 rings (SSSR count). The maximum Gasteiger partial charge on any atom is 0.236 e. The van der Waals surface area contributed by atoms with E-state index < -0.39 is 0 Å². The molecule has 0 aliphatic carbocycles. The van der Waals surface area contributed by atoms with Crippen molar-refractivity contribution in [2.45, 2.75) is 0 Å². The van der Waals surface area contributed by atoms with Crippen molar-refractivity contribution in [1.82, 2.24) is 9.80 Å². The van der Waals surface area contributed by atoms with Gasteiger partial charge in [0.05, 0.1) is 19.8 Å². The summed E-state index contributed by atoms with van der Waals surface area (Å²) in [4.78, 5) is 15.9. The number of benzene rings is 1. The smallest absolute Gasteiger partial charge is 0.236 e. The zero-order valence-electron chi connectivity index (χ0n) is 12.3. The Kier molecular flexibility index (Phi) is 6.48. The molecule has 0 bridgehead atoms. The molecule has 5 nitrogen and oxygen atoms in total. The first kappa shape index (κ1) is 16.3. The summed E-state index contributed by atoms with van der Waals surface area (Å²) in [5.74, 6) is 0.987. The molecule has 1 saturated heterocycles. The number of ether oxygens (including phenoxy) is 2. The summed E-state index contributed by atoms with van der Waals surface area (Å²) in [6, 6.07) is 7.74. The molecule has 1 aromatic carbocycles. The molecule has 1 aromatic rings. The molecule has 1 aliphatic rings. The van der Waals surface area contributed by atoms with Crippen LogP contribution in [0.1, 0.15) is 0 Å². The number of carbonyl (C=O) groups excluding carboxylic acids is 1. The van der Waals surface area contributed by atoms with E-state index in [1.54, 1.807) is 0 Å². The Hall–Kier alpha value is -1.11. The number of rotatable bonds is 6. The molecule has 0 aromatic heterocycles. The lowest BCUT2D eigenvalue weighted by Crippen LogP contribution is -2.45. The van der Waals surface area contributed by atoms with Crippen LogP contribution in [0.5, 0.6) is 5.75 Å². The first-order valence-corrected chi connectivity index (χ1v) is 7.87. The van der Waals surface area contributed by atoms with Crippen molar-refractivity contribution in [1.29, 1.82) is 0 Å². The van der Waals surface area contributed by atoms with Gasteiger partial charge in [-0.05, 0) is 25.2 Å². The van der Waals surface area contributed by atoms with Crippen molar-refractivity contribution in [3.63, 3.8) is 0 Å². The molecule has 0 unspecified atom stereocenters. The van der Waals surface area contributed by atoms with Gasteiger partial charge < -0.3 is 14.4 Å². The third-order valence-corrected chi connectivity index (χ3v) is 3.80. The number of hydrogen-bond acceptors (Lipinski definition) is 4. The average Bonchev–Trinajstić information content (AvgIpc) is 2.48. The zero-order valence-corrected chi connectivity index (χ0v) is 13.8. The van der Waals surface area contributed by atoms with Crippen LogP contribution in [0.2, 0.25) is 0 Å². The molecule has 6 heteroatoms. The van der Waals surface area contributed by atoms with E-state index >= 15 is 0 Å². The Morgan fingerprint density at radius 1 is 1.43 bits per heavy atom. The lowest BCUT2D eigenvalue weighted by Gasteiger charge is -2.28. The van der Waals surface area contributed by atoms with E-state index in [1.807, 2.05) is 41.1 Å². The fourth-order valence-corrected chi connectivity index (χ4v) is 2.48. The lowest BCUT2D eigenvalue weighted by atomic mass is 10.3. The van der Waals surface area contributed by atoms with Crippen molar-refractivity contribution in [2.24, 2.45) is 0 Å². The quantitative estimate of drug-likeness (QED) is 0.776. The SMILES string of the molecule is CN(CCOc1cccc(Br)c1)CC(=O)N1CCOCC1. The summed E-state index contributed by atoms with van der Waals surface area (Å²) >= 11 is 3.41. The van der Waals surface area contributed by atoms with Crippen LogP contribution in [0.3, 0.4) is 0 Å². The summed E-state index contributed by atoms with van der Waals surface area (Å²) in [6.07, 6.45) is 0. The van der Waals surface area contributed by atoms with E-state index in [2.05, 4.69) is 15.9 Å². The summed E-state index contributed by atoms with van der Waals surface area (Å²) < 4.78 is 11.9. The fourth-order valence-electron chi connectivity index (χ4n) is 2.10. The van der Waals surface area contributed by atoms with Crippen LogP contribution in [0, 0.1) is 0 Å². The third-order valence-electron chi connectivity index (χ3n) is 3.31. The number of carbonyl (C=O) groups is 1. The van der Waals surface area contributed by atoms with Gasteiger partial charge in [-0.15, -0.1) is 0 Å². The first-order valence-electron chi connectivity index (χ1n) is 7.07. The van der Waals surface area contributed by atoms with Crippen molar-refractivity contribution in [3.05, 3.63) is 28.7 Å². The monoisotopic (exact) mass is 356 g/mol. The molecule has 1 fully saturated rings. The van der Waals surface area contributed by atoms with Crippen molar-refractivity contribution >= 4 is 21.8 Å². The Balaban J connectivity index is 1.67. The predicted octanol–water partition coefficient (Wildman–Crippen LogP) is 1.62. The number of morpholine rings is 1. The molecule has 0 N–H and O–H groups in total. The van der Waals surface area contributed by atoms with Gasteiger partial charge in [-0.1, -0.05) is 22.0 Å². The summed E-state index contributed by atoms with van der Waals surface area (Å²) in [5, 5.41) is 0. The van der Waals surface area contributed by atoms with Gasteiger partial charge in [-0.2, -0.15) is 0 Å². The van der Waals surface area contributed by atoms with Crippen LogP contribution in [0.25, 0.3) is 0 Å². The topological polar surface area (TPSA) is 42.0 Å². The van der Waals surface area contributed by atoms with Crippen LogP contribution < -0.4 is 4.74 Å². The maximum absolute atomic E-state index is 12.1. The zero-order chi connectivity index (χ0) is 15.1. The molecule has 0 radical (unpaired) electrons. The van der Waals surface area contributed by atoms with Crippen molar-refractivity contribution in [3.8, 4) is 5.75 Å². The molecule has 1 aliphatic heterocycles. The molecular weight excluding hydrogens is 336 g/mol. The molecule has 0 atom stereocenters. The standard InChI is InChI=1S/C15H21BrN2O3/c1-17(12-15(19)18-6-8-20-9-7-18)5-10-21-14-4-2-3-13(16)11-14/h2-4,11H,5-10,12H2,1H3. The molecule has 1 amide bonds. The molecule has 0 spiro atoms. The molecule has 1 heterocycles. The summed E-state index contributed by atoms with van der Waals surface area (Å²) in [7, 11) is 1.93. The van der Waals surface area contributed by atoms with Gasteiger partial charge in [-0.25, -0.2) is 0 Å². The van der Waals surface area contributed by atoms with Gasteiger partial charge in [0.2, 0.25) is 5.91 Å². The van der Waals surface area contributed by atoms with Crippen molar-refractivity contribution < 1.29 is 14.3 Å². The van der Waals surface area contributed by atoms with Crippen LogP contribution >= 0.6 is 15.9 Å². The van der Waals surface area contributed by atoms with Crippen molar-refractivity contribution in [2.75, 3.05) is 53.0 Å². The fraction of sp³-hybridized carbons (Fsp3) is 0.533. The lowest BCUT2D eigenvalue weighted by molar-refractivity contribution is -0.136. The van der Waals surface area contributed by atoms with Crippen LogP contribution in [-0.4, -0.2) is 68.8 Å². The highest BCUT2D eigenvalue weighted by atomic mass is 79.9. The van der Waals surface area contributed by atoms with Gasteiger partial charge in [0, 0.05) is 24.1 Å². The Morgan fingerprint density at radius 3 is 2.90 bits per heavy atom. The highest BCUT2D eigenvalue weighted by Gasteiger charge is 2.17. The highest BCUT2D eigenvalue weighted by Crippen LogP contribution is 2.17. The molecule has 116 valence electrons. The minimum Gasteiger partial charge on any atom is -0.492 e. The summed E-state index contributed by atoms with van der Waals surface area (Å²) in [5.41, 5.74) is 0. The van der Waals surface area contributed by atoms with E-state index in [-0.39, 0.29) is 5.91 Å². The number of halogens is 1. The van der Waals surface area contributed by atoms with E-state index in [0.29, 0.717) is 46.0 Å². The normalized spacial score (nSPS) is 15.3. The predicted molar refractivity (Wildman–Crippen MR) is 84.5 cm³/mol. The minimum absolute atomic E-state index is 0.156. The Morgan fingerprint density at radius 2 is 2.19 bits per heavy atom. The van der Waals surface area contributed by atoms with Crippen LogP contribution in [0.15, 0.2) is 28.7 Å². The average molecular weight is 357 g/mol. The second-order valence-electron chi connectivity index (χ2n) is 5.04. The number of hydrogen-bond donors (Lipinski definition) is 0. The Labute approximate surface area is 133 Å². The Bertz CT molecular complexity index is 464. The third kappa shape index (κ3) is 5.65. The second kappa shape index (κ2) is 8.36. The van der Waals surface area contributed by atoms with Gasteiger partial charge >= 0.3 is 0 Å². The van der Waals surface area contributed by atoms with Gasteiger partial charge in [0.25, 0.3) is 0 Å². The van der Waals surface area contributed by atoms with Crippen LogP contribution in [-0.2, 0) is 9.53 Å². The first-order chi connectivity index (χ1) is 10.1. The van der Waals surface area contributed by atoms with E-state index in [4.69, 9.17) is 9.47 Å². The summed E-state index contributed by atoms with van der Waals surface area (Å²) in [6.45, 7) is 4.36. The number of likely N-dealkylation sites (N-methyl/N-ethyl adjacent to an activating group) is 1. The molecule has 21 heavy (non-hydrogen) atoms. The maximum atomic E-state index is 12.1. The largest absolute Gasteiger partial charge is 0.492 e. The van der Waals surface area contributed by atoms with Crippen LogP contribution in [0.4, 0.5) is 0 Å². The van der Waals surface area contributed by atoms with Gasteiger partial charge in [0.15, 0.2) is 0 Å². The number of nitrogens with zero attached hydrogens (tertiary/aromatic N) is 2. The second-order valence-corrected chi connectivity index (χ2v) is 5.95. The van der Waals surface area contributed by atoms with E-state index in [1.165, 1.54) is 0 Å². The minimum atomic E-state index is 0.156. The van der Waals surface area contributed by atoms with Gasteiger partial charge in [0.1, 0.15) is 12.4 Å². The number of amides is 1. The van der Waals surface area contributed by atoms with E-state index in [0.717, 1.165) is 10.2 Å². The van der Waals surface area contributed by atoms with Gasteiger partial charge in [-0.3, -0.25) is 9.69 Å². The molecule has 0 saturated carbocycles.